The number of alkyl halides is 3. The third kappa shape index (κ3) is 4.28. The molecule has 2 aromatic rings. The number of likely N-dealkylation sites (N-methyl/N-ethyl adjacent to an activating group) is 1. The minimum absolute atomic E-state index is 0.0180. The average Bonchev–Trinajstić information content (AvgIpc) is 2.92. The summed E-state index contributed by atoms with van der Waals surface area (Å²) < 4.78 is 54.8. The number of anilines is 1. The summed E-state index contributed by atoms with van der Waals surface area (Å²) >= 11 is 0. The topological polar surface area (TPSA) is 70.1 Å². The first-order valence-electron chi connectivity index (χ1n) is 8.69. The molecule has 0 aromatic heterocycles. The van der Waals surface area contributed by atoms with Crippen molar-refractivity contribution in [2.45, 2.75) is 6.36 Å². The number of carbonyl (C=O) groups is 2. The number of ether oxygens (including phenoxy) is 1. The third-order valence-electron chi connectivity index (χ3n) is 4.32. The lowest BCUT2D eigenvalue weighted by Crippen LogP contribution is -2.35. The van der Waals surface area contributed by atoms with Crippen molar-refractivity contribution < 1.29 is 37.0 Å². The van der Waals surface area contributed by atoms with Gasteiger partial charge in [0.2, 0.25) is 0 Å². The monoisotopic (exact) mass is 424 g/mol. The number of imide groups is 1. The summed E-state index contributed by atoms with van der Waals surface area (Å²) in [7, 11) is 1.48. The molecular weight excluding hydrogens is 408 g/mol. The molecule has 0 spiro atoms. The summed E-state index contributed by atoms with van der Waals surface area (Å²) in [5.74, 6) is -2.73. The number of amides is 2. The molecule has 0 fully saturated rings. The van der Waals surface area contributed by atoms with E-state index in [9.17, 15) is 32.3 Å². The summed E-state index contributed by atoms with van der Waals surface area (Å²) in [6, 6.07) is 9.31. The summed E-state index contributed by atoms with van der Waals surface area (Å²) in [6.07, 6.45) is -4.94. The lowest BCUT2D eigenvalue weighted by molar-refractivity contribution is -0.274. The molecule has 1 heterocycles. The van der Waals surface area contributed by atoms with Gasteiger partial charge in [0, 0.05) is 19.7 Å². The zero-order chi connectivity index (χ0) is 22.1. The van der Waals surface area contributed by atoms with Crippen LogP contribution in [0.1, 0.15) is 5.56 Å². The van der Waals surface area contributed by atoms with Crippen LogP contribution in [0, 0.1) is 5.82 Å². The Labute approximate surface area is 168 Å². The first kappa shape index (κ1) is 21.3. The van der Waals surface area contributed by atoms with Crippen molar-refractivity contribution in [1.82, 2.24) is 4.90 Å². The van der Waals surface area contributed by atoms with E-state index in [1.54, 1.807) is 0 Å². The Bertz CT molecular complexity index is 1000. The van der Waals surface area contributed by atoms with Crippen molar-refractivity contribution in [3.05, 3.63) is 65.6 Å². The van der Waals surface area contributed by atoms with Crippen molar-refractivity contribution in [2.24, 2.45) is 0 Å². The smallest absolute Gasteiger partial charge is 0.406 e. The molecular formula is C20H16F4N2O4. The van der Waals surface area contributed by atoms with Crippen molar-refractivity contribution in [2.75, 3.05) is 25.1 Å². The quantitative estimate of drug-likeness (QED) is 0.571. The molecule has 10 heteroatoms. The Hall–Kier alpha value is -3.40. The van der Waals surface area contributed by atoms with Gasteiger partial charge in [-0.05, 0) is 29.8 Å². The van der Waals surface area contributed by atoms with Crippen LogP contribution in [0.5, 0.6) is 5.75 Å². The minimum Gasteiger partial charge on any atom is -0.406 e. The fourth-order valence-electron chi connectivity index (χ4n) is 3.07. The van der Waals surface area contributed by atoms with Crippen LogP contribution in [-0.4, -0.2) is 48.4 Å². The summed E-state index contributed by atoms with van der Waals surface area (Å²) in [6.45, 7) is -0.294. The van der Waals surface area contributed by atoms with Gasteiger partial charge in [-0.2, -0.15) is 0 Å². The van der Waals surface area contributed by atoms with Crippen LogP contribution in [0.2, 0.25) is 0 Å². The molecule has 0 aliphatic carbocycles. The van der Waals surface area contributed by atoms with Crippen LogP contribution in [-0.2, 0) is 9.59 Å². The Morgan fingerprint density at radius 3 is 2.33 bits per heavy atom. The van der Waals surface area contributed by atoms with Gasteiger partial charge in [0.15, 0.2) is 0 Å². The van der Waals surface area contributed by atoms with E-state index < -0.39 is 29.7 Å². The number of carbonyl (C=O) groups excluding carboxylic acids is 2. The van der Waals surface area contributed by atoms with Gasteiger partial charge in [-0.3, -0.25) is 9.59 Å². The molecule has 0 radical (unpaired) electrons. The number of hydrogen-bond donors (Lipinski definition) is 1. The first-order valence-corrected chi connectivity index (χ1v) is 8.69. The number of aliphatic hydroxyl groups excluding tert-OH is 1. The molecule has 6 nitrogen and oxygen atoms in total. The molecule has 0 unspecified atom stereocenters. The van der Waals surface area contributed by atoms with Crippen LogP contribution in [0.15, 0.2) is 54.2 Å². The van der Waals surface area contributed by atoms with Crippen molar-refractivity contribution >= 4 is 23.1 Å². The molecule has 158 valence electrons. The number of halogens is 4. The fourth-order valence-corrected chi connectivity index (χ4v) is 3.07. The highest BCUT2D eigenvalue weighted by molar-refractivity contribution is 6.45. The van der Waals surface area contributed by atoms with Gasteiger partial charge in [0.05, 0.1) is 17.9 Å². The predicted molar refractivity (Wildman–Crippen MR) is 98.7 cm³/mol. The molecule has 2 amide bonds. The van der Waals surface area contributed by atoms with Crippen molar-refractivity contribution in [3.63, 3.8) is 0 Å². The molecule has 0 atom stereocenters. The minimum atomic E-state index is -4.94. The number of rotatable bonds is 6. The number of hydrogen-bond acceptors (Lipinski definition) is 5. The zero-order valence-corrected chi connectivity index (χ0v) is 15.6. The maximum absolute atomic E-state index is 13.3. The van der Waals surface area contributed by atoms with E-state index in [-0.39, 0.29) is 35.7 Å². The Balaban J connectivity index is 2.06. The van der Waals surface area contributed by atoms with E-state index in [2.05, 4.69) is 4.74 Å². The van der Waals surface area contributed by atoms with E-state index in [0.29, 0.717) is 4.90 Å². The van der Waals surface area contributed by atoms with Crippen molar-refractivity contribution in [3.8, 4) is 5.75 Å². The molecule has 1 N–H and O–H groups in total. The highest BCUT2D eigenvalue weighted by atomic mass is 19.4. The molecule has 1 aliphatic heterocycles. The number of benzene rings is 2. The highest BCUT2D eigenvalue weighted by Crippen LogP contribution is 2.36. The largest absolute Gasteiger partial charge is 0.573 e. The second-order valence-electron chi connectivity index (χ2n) is 6.37. The van der Waals surface area contributed by atoms with Crippen LogP contribution >= 0.6 is 0 Å². The number of aliphatic hydroxyl groups is 1. The van der Waals surface area contributed by atoms with E-state index in [4.69, 9.17) is 0 Å². The van der Waals surface area contributed by atoms with Gasteiger partial charge >= 0.3 is 6.36 Å². The lowest BCUT2D eigenvalue weighted by Gasteiger charge is -2.20. The maximum Gasteiger partial charge on any atom is 0.573 e. The molecule has 1 aliphatic rings. The lowest BCUT2D eigenvalue weighted by atomic mass is 10.0. The molecule has 0 bridgehead atoms. The highest BCUT2D eigenvalue weighted by Gasteiger charge is 2.42. The van der Waals surface area contributed by atoms with Crippen LogP contribution in [0.3, 0.4) is 0 Å². The second-order valence-corrected chi connectivity index (χ2v) is 6.37. The average molecular weight is 424 g/mol. The summed E-state index contributed by atoms with van der Waals surface area (Å²) in [5.41, 5.74) is -0.000565. The zero-order valence-electron chi connectivity index (χ0n) is 15.6. The van der Waals surface area contributed by atoms with Crippen molar-refractivity contribution in [1.29, 1.82) is 0 Å². The standard InChI is InChI=1S/C20H16F4N2O4/c1-25(9-10-27)17-16(12-5-7-13(21)8-6-12)18(28)26(19(17)29)14-3-2-4-15(11-14)30-20(22,23)24/h2-8,11,27H,9-10H2,1H3. The Morgan fingerprint density at radius 2 is 1.73 bits per heavy atom. The Morgan fingerprint density at radius 1 is 1.07 bits per heavy atom. The van der Waals surface area contributed by atoms with Crippen LogP contribution in [0.4, 0.5) is 23.2 Å². The van der Waals surface area contributed by atoms with Gasteiger partial charge in [0.25, 0.3) is 11.8 Å². The van der Waals surface area contributed by atoms with Crippen LogP contribution in [0.25, 0.3) is 5.57 Å². The summed E-state index contributed by atoms with van der Waals surface area (Å²) in [5, 5.41) is 9.22. The van der Waals surface area contributed by atoms with Gasteiger partial charge in [-0.1, -0.05) is 18.2 Å². The fraction of sp³-hybridized carbons (Fsp3) is 0.200. The molecule has 3 rings (SSSR count). The van der Waals surface area contributed by atoms with E-state index >= 15 is 0 Å². The first-order chi connectivity index (χ1) is 14.1. The third-order valence-corrected chi connectivity index (χ3v) is 4.32. The Kier molecular flexibility index (Phi) is 5.79. The van der Waals surface area contributed by atoms with Gasteiger partial charge in [-0.25, -0.2) is 9.29 Å². The second kappa shape index (κ2) is 8.15. The number of nitrogens with zero attached hydrogens (tertiary/aromatic N) is 2. The summed E-state index contributed by atoms with van der Waals surface area (Å²) in [4.78, 5) is 28.3. The van der Waals surface area contributed by atoms with E-state index in [1.807, 2.05) is 0 Å². The molecule has 0 saturated heterocycles. The van der Waals surface area contributed by atoms with Gasteiger partial charge < -0.3 is 14.7 Å². The normalized spacial score (nSPS) is 14.5. The predicted octanol–water partition coefficient (Wildman–Crippen LogP) is 2.93. The van der Waals surface area contributed by atoms with E-state index in [1.165, 1.54) is 36.2 Å². The molecule has 30 heavy (non-hydrogen) atoms. The van der Waals surface area contributed by atoms with E-state index in [0.717, 1.165) is 24.3 Å². The SMILES string of the molecule is CN(CCO)C1=C(c2ccc(F)cc2)C(=O)N(c2cccc(OC(F)(F)F)c2)C1=O. The maximum atomic E-state index is 13.3. The van der Waals surface area contributed by atoms with Gasteiger partial charge in [0.1, 0.15) is 17.3 Å². The van der Waals surface area contributed by atoms with Crippen LogP contribution < -0.4 is 9.64 Å². The molecule has 0 saturated carbocycles. The molecule has 2 aromatic carbocycles. The van der Waals surface area contributed by atoms with Gasteiger partial charge in [-0.15, -0.1) is 13.2 Å².